The highest BCUT2D eigenvalue weighted by atomic mass is 16.3. The van der Waals surface area contributed by atoms with Crippen LogP contribution in [0.3, 0.4) is 0 Å². The molecule has 4 aromatic rings. The molecule has 0 saturated heterocycles. The van der Waals surface area contributed by atoms with Crippen LogP contribution in [0, 0.1) is 0 Å². The highest BCUT2D eigenvalue weighted by Gasteiger charge is 1.98. The fourth-order valence-electron chi connectivity index (χ4n) is 2.46. The van der Waals surface area contributed by atoms with Crippen LogP contribution in [0.4, 0.5) is 0 Å². The summed E-state index contributed by atoms with van der Waals surface area (Å²) in [6.45, 7) is 0. The van der Waals surface area contributed by atoms with Crippen LogP contribution in [0.15, 0.2) is 72.8 Å². The van der Waals surface area contributed by atoms with Gasteiger partial charge in [-0.15, -0.1) is 0 Å². The van der Waals surface area contributed by atoms with E-state index in [4.69, 9.17) is 15.3 Å². The molecule has 0 fully saturated rings. The van der Waals surface area contributed by atoms with Gasteiger partial charge in [-0.3, -0.25) is 0 Å². The first kappa shape index (κ1) is 15.5. The molecule has 0 atom stereocenters. The molecular weight excluding hydrogens is 304 g/mol. The Labute approximate surface area is 138 Å². The monoisotopic (exact) mass is 320 g/mol. The normalized spacial score (nSPS) is 10.3. The lowest BCUT2D eigenvalue weighted by Crippen LogP contribution is -1.72. The lowest BCUT2D eigenvalue weighted by atomic mass is 10.1. The summed E-state index contributed by atoms with van der Waals surface area (Å²) in [6.07, 6.45) is 0. The quantitative estimate of drug-likeness (QED) is 0.384. The van der Waals surface area contributed by atoms with Gasteiger partial charge in [-0.05, 0) is 58.6 Å². The number of hydrogen-bond acceptors (Lipinski definition) is 4. The van der Waals surface area contributed by atoms with Crippen LogP contribution in [0.5, 0.6) is 23.0 Å². The summed E-state index contributed by atoms with van der Waals surface area (Å²) >= 11 is 0. The van der Waals surface area contributed by atoms with Crippen molar-refractivity contribution in [1.29, 1.82) is 0 Å². The van der Waals surface area contributed by atoms with Gasteiger partial charge < -0.3 is 20.4 Å². The molecule has 0 radical (unpaired) electrons. The number of phenolic OH excluding ortho intramolecular Hbond substituents is 4. The first-order valence-corrected chi connectivity index (χ1v) is 7.35. The minimum absolute atomic E-state index is 0.170. The lowest BCUT2D eigenvalue weighted by molar-refractivity contribution is 0.471. The molecule has 0 unspecified atom stereocenters. The van der Waals surface area contributed by atoms with E-state index in [1.54, 1.807) is 66.7 Å². The van der Waals surface area contributed by atoms with Crippen molar-refractivity contribution in [3.8, 4) is 23.0 Å². The molecule has 24 heavy (non-hydrogen) atoms. The topological polar surface area (TPSA) is 80.9 Å². The smallest absolute Gasteiger partial charge is 0.123 e. The Hall–Kier alpha value is -3.40. The third kappa shape index (κ3) is 3.33. The Morgan fingerprint density at radius 1 is 0.458 bits per heavy atom. The van der Waals surface area contributed by atoms with Crippen molar-refractivity contribution in [3.05, 3.63) is 72.8 Å². The molecule has 0 aliphatic rings. The largest absolute Gasteiger partial charge is 0.508 e. The Kier molecular flexibility index (Phi) is 4.12. The SMILES string of the molecule is Oc1ccc2cc(O)ccc2c1.Oc1ccc2cccc(O)c2c1. The zero-order chi connectivity index (χ0) is 17.1. The highest BCUT2D eigenvalue weighted by Crippen LogP contribution is 2.27. The van der Waals surface area contributed by atoms with Crippen LogP contribution in [0.1, 0.15) is 0 Å². The summed E-state index contributed by atoms with van der Waals surface area (Å²) in [5, 5.41) is 40.3. The maximum Gasteiger partial charge on any atom is 0.123 e. The Morgan fingerprint density at radius 2 is 0.958 bits per heavy atom. The summed E-state index contributed by atoms with van der Waals surface area (Å²) in [7, 11) is 0. The fourth-order valence-corrected chi connectivity index (χ4v) is 2.46. The number of hydrogen-bond donors (Lipinski definition) is 4. The lowest BCUT2D eigenvalue weighted by Gasteiger charge is -2.00. The van der Waals surface area contributed by atoms with E-state index in [2.05, 4.69) is 0 Å². The molecule has 0 heterocycles. The third-order valence-electron chi connectivity index (χ3n) is 3.65. The van der Waals surface area contributed by atoms with E-state index in [0.29, 0.717) is 5.39 Å². The molecule has 4 nitrogen and oxygen atoms in total. The van der Waals surface area contributed by atoms with Gasteiger partial charge in [0.1, 0.15) is 23.0 Å². The van der Waals surface area contributed by atoms with Gasteiger partial charge in [0.2, 0.25) is 0 Å². The van der Waals surface area contributed by atoms with Crippen LogP contribution in [-0.4, -0.2) is 20.4 Å². The molecule has 0 spiro atoms. The summed E-state index contributed by atoms with van der Waals surface area (Å²) in [6, 6.07) is 20.2. The van der Waals surface area contributed by atoms with E-state index in [-0.39, 0.29) is 23.0 Å². The summed E-state index contributed by atoms with van der Waals surface area (Å²) in [4.78, 5) is 0. The van der Waals surface area contributed by atoms with E-state index >= 15 is 0 Å². The van der Waals surface area contributed by atoms with Crippen molar-refractivity contribution in [2.45, 2.75) is 0 Å². The molecule has 0 amide bonds. The first-order valence-electron chi connectivity index (χ1n) is 7.35. The van der Waals surface area contributed by atoms with Gasteiger partial charge in [-0.25, -0.2) is 0 Å². The van der Waals surface area contributed by atoms with E-state index in [9.17, 15) is 5.11 Å². The summed E-state index contributed by atoms with van der Waals surface area (Å²) < 4.78 is 0. The molecule has 0 bridgehead atoms. The van der Waals surface area contributed by atoms with Crippen LogP contribution >= 0.6 is 0 Å². The van der Waals surface area contributed by atoms with E-state index in [1.165, 1.54) is 0 Å². The van der Waals surface area contributed by atoms with Gasteiger partial charge in [0.05, 0.1) is 0 Å². The zero-order valence-electron chi connectivity index (χ0n) is 12.7. The molecule has 4 N–H and O–H groups in total. The second-order valence-corrected chi connectivity index (χ2v) is 5.40. The average molecular weight is 320 g/mol. The number of fused-ring (bicyclic) bond motifs is 2. The Bertz CT molecular complexity index is 959. The maximum atomic E-state index is 9.38. The maximum absolute atomic E-state index is 9.38. The fraction of sp³-hybridized carbons (Fsp3) is 0. The standard InChI is InChI=1S/2C10H8O2/c11-9-3-1-7-5-10(12)4-2-8(7)6-9;11-8-5-4-7-2-1-3-10(12)9(7)6-8/h2*1-6,11-12H. The van der Waals surface area contributed by atoms with Crippen molar-refractivity contribution in [3.63, 3.8) is 0 Å². The van der Waals surface area contributed by atoms with Gasteiger partial charge >= 0.3 is 0 Å². The van der Waals surface area contributed by atoms with Gasteiger partial charge in [-0.1, -0.05) is 30.3 Å². The van der Waals surface area contributed by atoms with Crippen molar-refractivity contribution in [1.82, 2.24) is 0 Å². The Balaban J connectivity index is 0.000000141. The highest BCUT2D eigenvalue weighted by molar-refractivity contribution is 5.89. The summed E-state index contributed by atoms with van der Waals surface area (Å²) in [5.41, 5.74) is 0. The number of aromatic hydroxyl groups is 4. The second kappa shape index (κ2) is 6.38. The third-order valence-corrected chi connectivity index (χ3v) is 3.65. The van der Waals surface area contributed by atoms with E-state index in [1.807, 2.05) is 6.07 Å². The van der Waals surface area contributed by atoms with Crippen LogP contribution in [0.2, 0.25) is 0 Å². The molecule has 4 heteroatoms. The number of phenols is 4. The Morgan fingerprint density at radius 3 is 1.54 bits per heavy atom. The molecular formula is C20H16O4. The molecule has 4 rings (SSSR count). The predicted molar refractivity (Wildman–Crippen MR) is 94.6 cm³/mol. The molecule has 4 aromatic carbocycles. The van der Waals surface area contributed by atoms with Crippen molar-refractivity contribution >= 4 is 21.5 Å². The number of rotatable bonds is 0. The van der Waals surface area contributed by atoms with Crippen molar-refractivity contribution in [2.24, 2.45) is 0 Å². The minimum Gasteiger partial charge on any atom is -0.508 e. The van der Waals surface area contributed by atoms with Gasteiger partial charge in [-0.2, -0.15) is 0 Å². The van der Waals surface area contributed by atoms with E-state index < -0.39 is 0 Å². The molecule has 0 aliphatic carbocycles. The molecule has 120 valence electrons. The average Bonchev–Trinajstić information content (AvgIpc) is 2.57. The van der Waals surface area contributed by atoms with Crippen LogP contribution in [0.25, 0.3) is 21.5 Å². The van der Waals surface area contributed by atoms with Crippen molar-refractivity contribution in [2.75, 3.05) is 0 Å². The van der Waals surface area contributed by atoms with Gasteiger partial charge in [0, 0.05) is 5.39 Å². The second-order valence-electron chi connectivity index (χ2n) is 5.40. The van der Waals surface area contributed by atoms with Gasteiger partial charge in [0.15, 0.2) is 0 Å². The molecule has 0 aliphatic heterocycles. The number of benzene rings is 4. The first-order chi connectivity index (χ1) is 11.5. The molecule has 0 aromatic heterocycles. The minimum atomic E-state index is 0.170. The predicted octanol–water partition coefficient (Wildman–Crippen LogP) is 4.50. The summed E-state index contributed by atoms with van der Waals surface area (Å²) in [5.74, 6) is 0.855. The zero-order valence-corrected chi connectivity index (χ0v) is 12.7. The van der Waals surface area contributed by atoms with Crippen LogP contribution < -0.4 is 0 Å². The molecule has 0 saturated carbocycles. The van der Waals surface area contributed by atoms with Gasteiger partial charge in [0.25, 0.3) is 0 Å². The van der Waals surface area contributed by atoms with E-state index in [0.717, 1.165) is 16.2 Å². The van der Waals surface area contributed by atoms with Crippen molar-refractivity contribution < 1.29 is 20.4 Å². The van der Waals surface area contributed by atoms with Crippen LogP contribution in [-0.2, 0) is 0 Å².